The van der Waals surface area contributed by atoms with Crippen LogP contribution in [-0.2, 0) is 6.54 Å². The first kappa shape index (κ1) is 14.6. The molecule has 0 spiro atoms. The van der Waals surface area contributed by atoms with Crippen LogP contribution in [0.5, 0.6) is 0 Å². The second kappa shape index (κ2) is 5.98. The maximum Gasteiger partial charge on any atom is 0.214 e. The third kappa shape index (κ3) is 2.69. The predicted octanol–water partition coefficient (Wildman–Crippen LogP) is 5.28. The zero-order valence-electron chi connectivity index (χ0n) is 13.2. The van der Waals surface area contributed by atoms with E-state index in [0.717, 1.165) is 27.9 Å². The number of fused-ring (bicyclic) bond motifs is 2. The molecule has 0 unspecified atom stereocenters. The first-order chi connectivity index (χ1) is 12.4. The molecule has 0 fully saturated rings. The third-order valence-corrected chi connectivity index (χ3v) is 5.88. The minimum absolute atomic E-state index is 0.791. The Kier molecular flexibility index (Phi) is 3.50. The highest BCUT2D eigenvalue weighted by Crippen LogP contribution is 2.28. The van der Waals surface area contributed by atoms with Crippen LogP contribution in [0.25, 0.3) is 27.0 Å². The number of nitrogens with zero attached hydrogens (tertiary/aromatic N) is 3. The maximum absolute atomic E-state index is 4.69. The number of hydrogen-bond acceptors (Lipinski definition) is 5. The Bertz CT molecular complexity index is 1150. The van der Waals surface area contributed by atoms with Crippen LogP contribution in [0, 0.1) is 0 Å². The van der Waals surface area contributed by atoms with Gasteiger partial charge in [-0.15, -0.1) is 16.4 Å². The second-order valence-electron chi connectivity index (χ2n) is 5.74. The number of thiophene rings is 1. The van der Waals surface area contributed by atoms with Crippen molar-refractivity contribution in [1.29, 1.82) is 0 Å². The molecule has 0 bridgehead atoms. The van der Waals surface area contributed by atoms with Crippen LogP contribution in [0.3, 0.4) is 0 Å². The minimum Gasteiger partial charge on any atom is -0.355 e. The normalized spacial score (nSPS) is 11.4. The van der Waals surface area contributed by atoms with Gasteiger partial charge in [-0.05, 0) is 28.3 Å². The Hall–Kier alpha value is -2.70. The van der Waals surface area contributed by atoms with Crippen molar-refractivity contribution in [1.82, 2.24) is 14.6 Å². The van der Waals surface area contributed by atoms with Crippen molar-refractivity contribution in [2.45, 2.75) is 6.54 Å². The molecule has 2 aromatic carbocycles. The second-order valence-corrected chi connectivity index (χ2v) is 7.73. The number of nitrogens with one attached hydrogen (secondary N) is 1. The van der Waals surface area contributed by atoms with E-state index in [0.29, 0.717) is 0 Å². The number of anilines is 1. The summed E-state index contributed by atoms with van der Waals surface area (Å²) in [6.45, 7) is 0.791. The number of benzene rings is 2. The molecule has 0 aliphatic carbocycles. The Morgan fingerprint density at radius 1 is 1.00 bits per heavy atom. The fourth-order valence-corrected chi connectivity index (χ4v) is 4.30. The summed E-state index contributed by atoms with van der Waals surface area (Å²) in [5.74, 6) is 0. The lowest BCUT2D eigenvalue weighted by molar-refractivity contribution is 0.971. The number of hydrogen-bond donors (Lipinski definition) is 1. The van der Waals surface area contributed by atoms with Crippen LogP contribution < -0.4 is 5.32 Å². The summed E-state index contributed by atoms with van der Waals surface area (Å²) in [6, 6.07) is 19.0. The molecule has 0 saturated carbocycles. The largest absolute Gasteiger partial charge is 0.355 e. The van der Waals surface area contributed by atoms with E-state index in [1.165, 1.54) is 15.6 Å². The quantitative estimate of drug-likeness (QED) is 0.473. The van der Waals surface area contributed by atoms with Gasteiger partial charge >= 0.3 is 0 Å². The molecule has 6 heteroatoms. The molecule has 5 rings (SSSR count). The van der Waals surface area contributed by atoms with Gasteiger partial charge in [0.05, 0.1) is 18.4 Å². The average molecular weight is 362 g/mol. The van der Waals surface area contributed by atoms with E-state index in [-0.39, 0.29) is 0 Å². The van der Waals surface area contributed by atoms with Crippen molar-refractivity contribution in [3.05, 3.63) is 71.1 Å². The standard InChI is InChI=1S/C19H14N4S2/c1-2-5-14-10-15(8-7-13(14)4-1)17-12-21-19-23(17)22-18(25-19)20-11-16-6-3-9-24-16/h1-10,12H,11H2,(H,20,22). The summed E-state index contributed by atoms with van der Waals surface area (Å²) in [5, 5.41) is 13.5. The van der Waals surface area contributed by atoms with E-state index in [1.807, 2.05) is 10.7 Å². The Morgan fingerprint density at radius 3 is 2.80 bits per heavy atom. The van der Waals surface area contributed by atoms with Crippen LogP contribution in [0.1, 0.15) is 4.88 Å². The molecule has 1 N–H and O–H groups in total. The van der Waals surface area contributed by atoms with Crippen LogP contribution in [0.4, 0.5) is 5.13 Å². The van der Waals surface area contributed by atoms with Crippen molar-refractivity contribution in [2.24, 2.45) is 0 Å². The fourth-order valence-electron chi connectivity index (χ4n) is 2.89. The molecule has 0 amide bonds. The molecule has 0 atom stereocenters. The molecule has 4 nitrogen and oxygen atoms in total. The van der Waals surface area contributed by atoms with E-state index < -0.39 is 0 Å². The van der Waals surface area contributed by atoms with Gasteiger partial charge in [0.1, 0.15) is 0 Å². The molecule has 3 aromatic heterocycles. The van der Waals surface area contributed by atoms with Crippen LogP contribution >= 0.6 is 22.7 Å². The van der Waals surface area contributed by atoms with Gasteiger partial charge in [-0.1, -0.05) is 53.8 Å². The van der Waals surface area contributed by atoms with Gasteiger partial charge in [0, 0.05) is 10.4 Å². The van der Waals surface area contributed by atoms with Gasteiger partial charge in [-0.2, -0.15) is 0 Å². The van der Waals surface area contributed by atoms with Crippen molar-refractivity contribution in [2.75, 3.05) is 5.32 Å². The lowest BCUT2D eigenvalue weighted by atomic mass is 10.1. The lowest BCUT2D eigenvalue weighted by Crippen LogP contribution is -1.98. The van der Waals surface area contributed by atoms with E-state index >= 15 is 0 Å². The molecular weight excluding hydrogens is 348 g/mol. The molecular formula is C19H14N4S2. The van der Waals surface area contributed by atoms with Crippen molar-refractivity contribution < 1.29 is 0 Å². The monoisotopic (exact) mass is 362 g/mol. The van der Waals surface area contributed by atoms with Crippen molar-refractivity contribution in [3.8, 4) is 11.3 Å². The SMILES string of the molecule is c1csc(CNc2nn3c(-c4ccc5ccccc5c4)cnc3s2)c1. The molecule has 0 saturated heterocycles. The average Bonchev–Trinajstić information content (AvgIpc) is 3.36. The molecule has 25 heavy (non-hydrogen) atoms. The molecule has 0 aliphatic rings. The van der Waals surface area contributed by atoms with Gasteiger partial charge in [0.25, 0.3) is 0 Å². The molecule has 3 heterocycles. The molecule has 122 valence electrons. The number of rotatable bonds is 4. The summed E-state index contributed by atoms with van der Waals surface area (Å²) < 4.78 is 1.92. The van der Waals surface area contributed by atoms with Crippen molar-refractivity contribution >= 4 is 43.5 Å². The van der Waals surface area contributed by atoms with Crippen LogP contribution in [0.2, 0.25) is 0 Å². The summed E-state index contributed by atoms with van der Waals surface area (Å²) in [5.41, 5.74) is 2.14. The van der Waals surface area contributed by atoms with Crippen LogP contribution in [0.15, 0.2) is 66.2 Å². The zero-order chi connectivity index (χ0) is 16.6. The van der Waals surface area contributed by atoms with E-state index in [1.54, 1.807) is 22.7 Å². The first-order valence-corrected chi connectivity index (χ1v) is 9.66. The highest BCUT2D eigenvalue weighted by atomic mass is 32.1. The van der Waals surface area contributed by atoms with E-state index in [9.17, 15) is 0 Å². The Balaban J connectivity index is 1.50. The zero-order valence-corrected chi connectivity index (χ0v) is 14.8. The fraction of sp³-hybridized carbons (Fsp3) is 0.0526. The molecule has 5 aromatic rings. The summed E-state index contributed by atoms with van der Waals surface area (Å²) in [4.78, 5) is 6.72. The van der Waals surface area contributed by atoms with Gasteiger partial charge in [0.15, 0.2) is 0 Å². The minimum atomic E-state index is 0.791. The highest BCUT2D eigenvalue weighted by Gasteiger charge is 2.12. The maximum atomic E-state index is 4.69. The summed E-state index contributed by atoms with van der Waals surface area (Å²) in [6.07, 6.45) is 1.89. The van der Waals surface area contributed by atoms with E-state index in [2.05, 4.69) is 70.3 Å². The first-order valence-electron chi connectivity index (χ1n) is 7.97. The lowest BCUT2D eigenvalue weighted by Gasteiger charge is -2.02. The van der Waals surface area contributed by atoms with Gasteiger partial charge in [-0.3, -0.25) is 0 Å². The topological polar surface area (TPSA) is 42.2 Å². The summed E-state index contributed by atoms with van der Waals surface area (Å²) in [7, 11) is 0. The van der Waals surface area contributed by atoms with Gasteiger partial charge < -0.3 is 5.32 Å². The van der Waals surface area contributed by atoms with Crippen LogP contribution in [-0.4, -0.2) is 14.6 Å². The Labute approximate surface area is 152 Å². The van der Waals surface area contributed by atoms with Gasteiger partial charge in [-0.25, -0.2) is 9.50 Å². The molecule has 0 aliphatic heterocycles. The highest BCUT2D eigenvalue weighted by molar-refractivity contribution is 7.20. The smallest absolute Gasteiger partial charge is 0.214 e. The molecule has 0 radical (unpaired) electrons. The van der Waals surface area contributed by atoms with E-state index in [4.69, 9.17) is 5.10 Å². The van der Waals surface area contributed by atoms with Gasteiger partial charge in [0.2, 0.25) is 10.1 Å². The number of imidazole rings is 1. The number of aromatic nitrogens is 3. The third-order valence-electron chi connectivity index (χ3n) is 4.12. The van der Waals surface area contributed by atoms with Crippen molar-refractivity contribution in [3.63, 3.8) is 0 Å². The summed E-state index contributed by atoms with van der Waals surface area (Å²) >= 11 is 3.32. The Morgan fingerprint density at radius 2 is 1.92 bits per heavy atom. The predicted molar refractivity (Wildman–Crippen MR) is 105 cm³/mol.